The second-order valence-corrected chi connectivity index (χ2v) is 3.93. The third-order valence-corrected chi connectivity index (χ3v) is 2.13. The van der Waals surface area contributed by atoms with Gasteiger partial charge in [-0.05, 0) is 36.6 Å². The predicted molar refractivity (Wildman–Crippen MR) is 69.8 cm³/mol. The van der Waals surface area contributed by atoms with Crippen LogP contribution in [0.4, 0.5) is 0 Å². The minimum Gasteiger partial charge on any atom is -0.489 e. The zero-order chi connectivity index (χ0) is 12.0. The summed E-state index contributed by atoms with van der Waals surface area (Å²) in [7, 11) is 0. The van der Waals surface area contributed by atoms with Crippen molar-refractivity contribution in [1.82, 2.24) is 0 Å². The van der Waals surface area contributed by atoms with Gasteiger partial charge in [0, 0.05) is 0 Å². The topological polar surface area (TPSA) is 9.23 Å². The molecule has 0 fully saturated rings. The molecule has 0 aliphatic carbocycles. The van der Waals surface area contributed by atoms with E-state index >= 15 is 0 Å². The predicted octanol–water partition coefficient (Wildman–Crippen LogP) is 3.93. The van der Waals surface area contributed by atoms with Crippen LogP contribution < -0.4 is 4.74 Å². The van der Waals surface area contributed by atoms with Gasteiger partial charge in [-0.15, -0.1) is 0 Å². The minimum absolute atomic E-state index is 0.568. The summed E-state index contributed by atoms with van der Waals surface area (Å²) in [5, 5.41) is 0. The molecule has 1 heteroatoms. The van der Waals surface area contributed by atoms with E-state index in [0.717, 1.165) is 23.3 Å². The van der Waals surface area contributed by atoms with Crippen molar-refractivity contribution in [2.75, 3.05) is 6.61 Å². The Hall–Kier alpha value is -1.76. The Morgan fingerprint density at radius 2 is 1.88 bits per heavy atom. The van der Waals surface area contributed by atoms with Crippen LogP contribution in [0, 0.1) is 0 Å². The molecule has 0 heterocycles. The van der Waals surface area contributed by atoms with Gasteiger partial charge in [0.25, 0.3) is 0 Å². The smallest absolute Gasteiger partial charge is 0.119 e. The lowest BCUT2D eigenvalue weighted by atomic mass is 10.1. The Kier molecular flexibility index (Phi) is 4.59. The SMILES string of the molecule is C=CC(=C)Cc1ccc(OCC(=C)C)cc1. The zero-order valence-electron chi connectivity index (χ0n) is 9.83. The molecular formula is C15H18O. The Labute approximate surface area is 97.8 Å². The summed E-state index contributed by atoms with van der Waals surface area (Å²) < 4.78 is 5.51. The van der Waals surface area contributed by atoms with E-state index in [0.29, 0.717) is 6.61 Å². The van der Waals surface area contributed by atoms with Crippen LogP contribution in [-0.2, 0) is 6.42 Å². The molecule has 0 aliphatic heterocycles. The third-order valence-electron chi connectivity index (χ3n) is 2.13. The number of benzene rings is 1. The molecule has 1 rings (SSSR count). The summed E-state index contributed by atoms with van der Waals surface area (Å²) in [6.07, 6.45) is 2.62. The maximum Gasteiger partial charge on any atom is 0.119 e. The van der Waals surface area contributed by atoms with Crippen molar-refractivity contribution in [1.29, 1.82) is 0 Å². The zero-order valence-corrected chi connectivity index (χ0v) is 9.83. The third kappa shape index (κ3) is 4.18. The molecule has 0 saturated carbocycles. The Morgan fingerprint density at radius 3 is 2.38 bits per heavy atom. The van der Waals surface area contributed by atoms with Crippen LogP contribution in [0.2, 0.25) is 0 Å². The quantitative estimate of drug-likeness (QED) is 0.515. The highest BCUT2D eigenvalue weighted by Gasteiger charge is 1.96. The number of ether oxygens (including phenoxy) is 1. The van der Waals surface area contributed by atoms with Crippen molar-refractivity contribution in [3.63, 3.8) is 0 Å². The summed E-state index contributed by atoms with van der Waals surface area (Å²) in [6, 6.07) is 8.02. The Bertz CT molecular complexity index is 384. The molecule has 0 saturated heterocycles. The molecule has 0 bridgehead atoms. The molecule has 0 unspecified atom stereocenters. The summed E-state index contributed by atoms with van der Waals surface area (Å²) in [6.45, 7) is 13.9. The molecule has 1 aromatic rings. The molecule has 0 aliphatic rings. The highest BCUT2D eigenvalue weighted by Crippen LogP contribution is 2.15. The summed E-state index contributed by atoms with van der Waals surface area (Å²) in [5.41, 5.74) is 3.26. The fourth-order valence-corrected chi connectivity index (χ4v) is 1.24. The van der Waals surface area contributed by atoms with Gasteiger partial charge in [0.1, 0.15) is 12.4 Å². The summed E-state index contributed by atoms with van der Waals surface area (Å²) >= 11 is 0. The summed E-state index contributed by atoms with van der Waals surface area (Å²) in [4.78, 5) is 0. The average molecular weight is 214 g/mol. The Balaban J connectivity index is 2.57. The first-order valence-corrected chi connectivity index (χ1v) is 5.28. The Morgan fingerprint density at radius 1 is 1.25 bits per heavy atom. The minimum atomic E-state index is 0.568. The largest absolute Gasteiger partial charge is 0.489 e. The number of allylic oxidation sites excluding steroid dienone is 2. The van der Waals surface area contributed by atoms with E-state index in [2.05, 4.69) is 19.7 Å². The normalized spacial score (nSPS) is 9.56. The van der Waals surface area contributed by atoms with Crippen LogP contribution in [0.5, 0.6) is 5.75 Å². The average Bonchev–Trinajstić information content (AvgIpc) is 2.28. The lowest BCUT2D eigenvalue weighted by Gasteiger charge is -2.06. The number of hydrogen-bond acceptors (Lipinski definition) is 1. The maximum atomic E-state index is 5.51. The van der Waals surface area contributed by atoms with Gasteiger partial charge in [0.15, 0.2) is 0 Å². The van der Waals surface area contributed by atoms with Gasteiger partial charge >= 0.3 is 0 Å². The second kappa shape index (κ2) is 5.96. The molecule has 0 amide bonds. The van der Waals surface area contributed by atoms with E-state index in [1.807, 2.05) is 31.2 Å². The molecule has 16 heavy (non-hydrogen) atoms. The van der Waals surface area contributed by atoms with Crippen LogP contribution in [0.3, 0.4) is 0 Å². The first-order chi connectivity index (χ1) is 7.61. The van der Waals surface area contributed by atoms with E-state index in [9.17, 15) is 0 Å². The maximum absolute atomic E-state index is 5.51. The molecule has 1 aromatic carbocycles. The van der Waals surface area contributed by atoms with Crippen molar-refractivity contribution >= 4 is 0 Å². The van der Waals surface area contributed by atoms with Crippen molar-refractivity contribution in [2.24, 2.45) is 0 Å². The molecule has 1 nitrogen and oxygen atoms in total. The highest BCUT2D eigenvalue weighted by molar-refractivity contribution is 5.31. The molecule has 0 spiro atoms. The monoisotopic (exact) mass is 214 g/mol. The first kappa shape index (κ1) is 12.3. The molecule has 0 N–H and O–H groups in total. The summed E-state index contributed by atoms with van der Waals surface area (Å²) in [5.74, 6) is 0.871. The van der Waals surface area contributed by atoms with Crippen molar-refractivity contribution < 1.29 is 4.74 Å². The van der Waals surface area contributed by atoms with Crippen LogP contribution in [0.15, 0.2) is 61.2 Å². The number of rotatable bonds is 6. The molecule has 0 atom stereocenters. The van der Waals surface area contributed by atoms with Crippen LogP contribution in [0.1, 0.15) is 12.5 Å². The van der Waals surface area contributed by atoms with Gasteiger partial charge in [-0.25, -0.2) is 0 Å². The lowest BCUT2D eigenvalue weighted by Crippen LogP contribution is -1.97. The molecule has 84 valence electrons. The molecule has 0 radical (unpaired) electrons. The van der Waals surface area contributed by atoms with E-state index in [4.69, 9.17) is 4.74 Å². The van der Waals surface area contributed by atoms with Gasteiger partial charge in [-0.2, -0.15) is 0 Å². The van der Waals surface area contributed by atoms with Crippen molar-refractivity contribution in [3.05, 3.63) is 66.8 Å². The molecule has 0 aromatic heterocycles. The van der Waals surface area contributed by atoms with Gasteiger partial charge in [-0.1, -0.05) is 43.5 Å². The standard InChI is InChI=1S/C15H18O/c1-5-13(4)10-14-6-8-15(9-7-14)16-11-12(2)3/h5-9H,1-2,4,10-11H2,3H3. The van der Waals surface area contributed by atoms with E-state index in [-0.39, 0.29) is 0 Å². The van der Waals surface area contributed by atoms with Crippen LogP contribution in [-0.4, -0.2) is 6.61 Å². The fraction of sp³-hybridized carbons (Fsp3) is 0.200. The molecular weight excluding hydrogens is 196 g/mol. The first-order valence-electron chi connectivity index (χ1n) is 5.28. The van der Waals surface area contributed by atoms with E-state index < -0.39 is 0 Å². The highest BCUT2D eigenvalue weighted by atomic mass is 16.5. The van der Waals surface area contributed by atoms with E-state index in [1.165, 1.54) is 5.56 Å². The van der Waals surface area contributed by atoms with Crippen molar-refractivity contribution in [3.8, 4) is 5.75 Å². The number of hydrogen-bond donors (Lipinski definition) is 0. The second-order valence-electron chi connectivity index (χ2n) is 3.93. The van der Waals surface area contributed by atoms with Gasteiger partial charge < -0.3 is 4.74 Å². The van der Waals surface area contributed by atoms with Crippen molar-refractivity contribution in [2.45, 2.75) is 13.3 Å². The van der Waals surface area contributed by atoms with E-state index in [1.54, 1.807) is 6.08 Å². The lowest BCUT2D eigenvalue weighted by molar-refractivity contribution is 0.352. The van der Waals surface area contributed by atoms with Gasteiger partial charge in [0.2, 0.25) is 0 Å². The van der Waals surface area contributed by atoms with Crippen LogP contribution in [0.25, 0.3) is 0 Å². The fourth-order valence-electron chi connectivity index (χ4n) is 1.24. The van der Waals surface area contributed by atoms with Crippen LogP contribution >= 0.6 is 0 Å². The van der Waals surface area contributed by atoms with Gasteiger partial charge in [-0.3, -0.25) is 0 Å². The van der Waals surface area contributed by atoms with Gasteiger partial charge in [0.05, 0.1) is 0 Å².